The van der Waals surface area contributed by atoms with Crippen molar-refractivity contribution in [3.63, 3.8) is 0 Å². The lowest BCUT2D eigenvalue weighted by molar-refractivity contribution is 2.13. The molecule has 0 fully saturated rings. The molecule has 0 saturated heterocycles. The molecule has 84 nitrogen and oxygen atoms in total. The molecule has 252 N–H and O–H groups in total. The van der Waals surface area contributed by atoms with Gasteiger partial charge in [-0.1, -0.05) is 193 Å². The van der Waals surface area contributed by atoms with Crippen LogP contribution in [0.15, 0.2) is 0 Å². The normalized spacial score (nSPS) is 5.66. The van der Waals surface area contributed by atoms with Crippen LogP contribution in [-0.2, 0) is 0 Å². The molecule has 0 aromatic heterocycles. The summed E-state index contributed by atoms with van der Waals surface area (Å²) in [5.41, 5.74) is 0. The van der Waals surface area contributed by atoms with Gasteiger partial charge in [0.1, 0.15) is 119 Å². The van der Waals surface area contributed by atoms with E-state index in [0.717, 1.165) is 0 Å². The Kier molecular flexibility index (Phi) is 151000. The van der Waals surface area contributed by atoms with Crippen LogP contribution in [0.4, 0.5) is 0 Å². The fourth-order valence-electron chi connectivity index (χ4n) is 0. The highest BCUT2D eigenvalue weighted by Crippen LogP contribution is 0.173. The van der Waals surface area contributed by atoms with Crippen LogP contribution in [-0.4, -0.2) is 0 Å². The average molecular weight is 1950 g/mol. The van der Waals surface area contributed by atoms with Crippen molar-refractivity contribution in [2.75, 3.05) is 0 Å². The van der Waals surface area contributed by atoms with Crippen LogP contribution in [0.25, 0.3) is 0 Å². The van der Waals surface area contributed by atoms with Crippen molar-refractivity contribution >= 4 is 0 Å². The first-order valence-corrected chi connectivity index (χ1v) is 0. The summed E-state index contributed by atoms with van der Waals surface area (Å²) in [5, 5.41) is 0. The second-order valence-corrected chi connectivity index (χ2v) is 0. The first-order chi connectivity index (χ1) is 89.0. The summed E-state index contributed by atoms with van der Waals surface area (Å²) < 4.78 is 470. The Hall–Kier alpha value is -3.36. The summed E-state index contributed by atoms with van der Waals surface area (Å²) in [6, 6.07) is 0. The zero-order valence-corrected chi connectivity index (χ0v) is 53.5. The van der Waals surface area contributed by atoms with E-state index in [-0.39, 0.29) is 156 Å². The van der Waals surface area contributed by atoms with Gasteiger partial charge >= 0.3 is 0 Å². The maximum atomic E-state index is 5.75. The molecule has 0 spiro atoms. The maximum Gasteiger partial charge on any atom is 0.115 e. The summed E-state index contributed by atoms with van der Waals surface area (Å²) in [5.74, 6) is 0. The molecule has 0 aliphatic heterocycles. The fourth-order valence-corrected chi connectivity index (χ4v) is 0. The molecule has 0 saturated carbocycles. The van der Waals surface area contributed by atoms with Gasteiger partial charge in [-0.2, -0.15) is 0 Å². The van der Waals surface area contributed by atoms with Crippen LogP contribution in [0, 0.1) is 0 Å². The highest BCUT2D eigenvalue weighted by molar-refractivity contribution is 2.53. The van der Waals surface area contributed by atoms with Gasteiger partial charge in [0.2, 0.25) is 0 Å². The molecule has 110 heavy (non-hydrogen) atoms. The summed E-state index contributed by atoms with van der Waals surface area (Å²) >= 11 is 0. The lowest BCUT2D eigenvalue weighted by Gasteiger charge is -0.345. The number of rotatable bonds is 0. The molecule has 0 aromatic carbocycles. The monoisotopic (exact) mass is 1950 g/mol. The van der Waals surface area contributed by atoms with Crippen LogP contribution >= 0.6 is 0 Å². The van der Waals surface area contributed by atoms with Crippen LogP contribution in [0.2, 0.25) is 119 Å². The van der Waals surface area contributed by atoms with E-state index in [1.165, 1.54) is 37.0 Å². The molecule has 0 aromatic rings. The van der Waals surface area contributed by atoms with E-state index >= 15 is 0 Å². The van der Waals surface area contributed by atoms with Gasteiger partial charge in [-0.25, -0.2) is 0 Å². The van der Waals surface area contributed by atoms with Crippen LogP contribution in [0.3, 0.4) is 0 Å². The highest BCUT2D eigenvalue weighted by Gasteiger charge is -0.0426. The van der Waals surface area contributed by atoms with Crippen molar-refractivity contribution in [2.24, 2.45) is 0 Å². The molecule has 0 rings (SSSR count). The quantitative estimate of drug-likeness (QED) is 0.107. The van der Waals surface area contributed by atoms with Crippen molar-refractivity contribution in [2.45, 2.75) is 193 Å². The fraction of sp³-hybridized carbons (Fsp3) is 1.00. The molecule has 0 aliphatic carbocycles. The van der Waals surface area contributed by atoms with Crippen LogP contribution in [0.1, 0.15) is 200 Å². The van der Waals surface area contributed by atoms with E-state index < -0.39 is 0 Å². The van der Waals surface area contributed by atoms with Gasteiger partial charge in [0.05, 0.1) is 0 Å². The van der Waals surface area contributed by atoms with Crippen molar-refractivity contribution in [1.29, 1.82) is 0 Å². The standard InChI is InChI=1S/26CH4.84H3N/h26*1H4;84*1H3/i5*1T;;;;;;;;;;;;;;;;;;;;;;;;;;;;;;;;;;;;;;;;;;;;;;;;;;;;;;;;;;;;;;;;;;;;;;;;;;;;;;;;;;;;;;;;;;;;;;;;;;;;;;;;;/hT10D74. The predicted octanol–water partition coefficient (Wildman–Crippen LogP) is 30.1. The lowest BCUT2D eigenvalue weighted by Crippen LogP contribution is -0.482. The van der Waals surface area contributed by atoms with E-state index in [2.05, 4.69) is 516 Å². The van der Waals surface area contributed by atoms with Gasteiger partial charge in [0.25, 0.3) is 0 Å². The molecule has 0 heterocycles. The Labute approximate surface area is 838 Å². The summed E-state index contributed by atoms with van der Waals surface area (Å²) in [7, 11) is 6.25. The Morgan fingerprint density at radius 1 is 0.0636 bits per heavy atom. The van der Waals surface area contributed by atoms with Gasteiger partial charge in [-0.3, -0.25) is 0 Å². The van der Waals surface area contributed by atoms with E-state index in [0.29, 0.717) is 0 Å². The van der Waals surface area contributed by atoms with Gasteiger partial charge in [0, 0.05) is 6.85 Å². The summed E-state index contributed by atoms with van der Waals surface area (Å²) in [6.45, 7) is 0. The molecule has 0 bridgehead atoms. The maximum absolute atomic E-state index is 5.75. The lowest BCUT2D eigenvalue weighted by atomic mass is 12.0. The molecule has 880 valence electrons. The molecule has 0 unspecified atom stereocenters. The Morgan fingerprint density at radius 2 is 0.0636 bits per heavy atom. The minimum absolute atomic E-state index is 0. The zero-order chi connectivity index (χ0) is 178. The Morgan fingerprint density at radius 3 is 0.0636 bits per heavy atom. The first-order valence-electron chi connectivity index (χ1n) is 53.5. The summed E-state index contributed by atoms with van der Waals surface area (Å²) in [6.07, 6.45) is 315. The summed E-state index contributed by atoms with van der Waals surface area (Å²) in [4.78, 5) is 0. The van der Waals surface area contributed by atoms with Gasteiger partial charge in [0.15, 0.2) is 0 Å². The predicted molar refractivity (Wildman–Crippen MR) is 597 cm³/mol. The molecular formula is C26H356N84. The molecular weight excluding hydrogens is 1490 g/mol. The van der Waals surface area contributed by atoms with E-state index in [9.17, 15) is 0 Å². The van der Waals surface area contributed by atoms with Gasteiger partial charge < -0.3 is 516 Å². The van der Waals surface area contributed by atoms with Crippen LogP contribution in [0.5, 0.6) is 0 Å². The average Bonchev–Trinajstić information content (AvgIpc) is 4.28. The van der Waals surface area contributed by atoms with E-state index in [1.807, 2.05) is 0 Å². The molecule has 0 radical (unpaired) electrons. The third-order valence-corrected chi connectivity index (χ3v) is 0. The number of hydrogen-bond donors (Lipinski definition) is 84. The van der Waals surface area contributed by atoms with E-state index in [1.54, 1.807) is 0 Å². The SMILES string of the molecule is C.C.C.C.C.C.C.C.C.C.C.C.C.C.C.C.C.C.C.C.C.[2H]N.[2H]N.[2H]N.[2H]N.[2H]N.[2H]N.[2H]N.[2H]N.[2H]N.[2H]N.[2H]N.[2H]N.[2H]N.[2H]N.[2H]N.[2H]N.[2H]N.[2H]N.[2H]N.[2H]N.[2H]N.[2H]N.[2H]N.[2H]N.[2H]N.[2H]N.[2H]N.[2H]N.[2H]N.[2H]N.[2H]N.[2H]N.[2H]N.[2H]N.[2H]N.[2H]N.[2H]N.[2H]N.[2H]N.[2H]N.[2H]N.[2H]N.[2H]N.[2H]N.[2H]N.[2H]N.[2H]N.[2H]N.[2H]N.[2H]N.[2H]N.[2H]N.[2H]N.[2H]N.[2H]N.[2H]N.[2H]N.[2H]N.[2H]N.[2H]N.[2H]N.[2H]N.[2H]N.[2H]N.[2H]N.[2H]N.[2H]N.[2H]N.[2H]N.[2H]N.[2H]N.[2H]N.[2H]N.[2H]N.[3H]C.[3H]C.[3H]C.[3H]C.[3H]C.[3H]N.[3H]N.[3H]N.[3H]N.[3H]N.[3H]N.[3H]N.[3H]N.[3H]N.[3H]N. The smallest absolute Gasteiger partial charge is 0.115 e. The molecule has 84 heteroatoms. The third kappa shape index (κ3) is 99600. The minimum atomic E-state index is 0. The van der Waals surface area contributed by atoms with Crippen molar-refractivity contribution in [3.8, 4) is 0 Å². The minimum Gasteiger partial charge on any atom is -0.344 e. The highest BCUT2D eigenvalue weighted by atomic mass is 14.1. The van der Waals surface area contributed by atoms with Crippen molar-refractivity contribution < 1.29 is 125 Å². The second kappa shape index (κ2) is 102000. The van der Waals surface area contributed by atoms with Gasteiger partial charge in [-0.05, 0) is 0 Å². The van der Waals surface area contributed by atoms with Crippen molar-refractivity contribution in [3.05, 3.63) is 0 Å². The van der Waals surface area contributed by atoms with Crippen LogP contribution < -0.4 is 516 Å². The van der Waals surface area contributed by atoms with Gasteiger partial charge in [-0.15, -0.1) is 0 Å². The molecule has 0 atom stereocenters. The Bertz CT molecular complexity index is 284. The zero-order valence-electron chi connectivity index (χ0n) is 142. The largest absolute Gasteiger partial charge is 0.344 e. The van der Waals surface area contributed by atoms with E-state index in [4.69, 9.17) is 125 Å². The molecule has 0 amide bonds. The second-order valence-electron chi connectivity index (χ2n) is 0. The number of hydrogen-bond acceptors (Lipinski definition) is 84. The Balaban J connectivity index is -0.00000000372. The first kappa shape index (κ1) is 162. The topological polar surface area (TPSA) is 2940 Å². The third-order valence-electron chi connectivity index (χ3n) is 0. The molecule has 0 aliphatic rings. The van der Waals surface area contributed by atoms with Crippen molar-refractivity contribution in [1.82, 2.24) is 516 Å².